The number of oxime groups is 1. The maximum absolute atomic E-state index is 13.1. The molecule has 1 aromatic heterocycles. The van der Waals surface area contributed by atoms with Crippen LogP contribution in [0.5, 0.6) is 0 Å². The van der Waals surface area contributed by atoms with Gasteiger partial charge in [0.05, 0.1) is 12.0 Å². The number of nitro benzene ring substituents is 1. The molecule has 1 saturated heterocycles. The minimum absolute atomic E-state index is 0. The van der Waals surface area contributed by atoms with Crippen molar-refractivity contribution in [3.05, 3.63) is 51.0 Å². The smallest absolute Gasteiger partial charge is 0.731 e. The normalized spacial score (nSPS) is 16.9. The molecule has 0 unspecified atom stereocenters. The number of hydrogen-bond acceptors (Lipinski definition) is 16. The van der Waals surface area contributed by atoms with Gasteiger partial charge >= 0.3 is 41.5 Å². The fourth-order valence-corrected chi connectivity index (χ4v) is 4.62. The molecule has 2 heterocycles. The van der Waals surface area contributed by atoms with Gasteiger partial charge in [0.25, 0.3) is 17.5 Å². The number of methoxy groups -OCH3 is 1. The van der Waals surface area contributed by atoms with Gasteiger partial charge in [0.15, 0.2) is 27.2 Å². The first-order valence-electron chi connectivity index (χ1n) is 11.1. The average molecular weight is 637 g/mol. The minimum atomic E-state index is -5.41. The second-order valence-electron chi connectivity index (χ2n) is 8.62. The molecule has 3 N–H and O–H groups in total. The van der Waals surface area contributed by atoms with E-state index in [1.807, 2.05) is 0 Å². The van der Waals surface area contributed by atoms with E-state index >= 15 is 0 Å². The van der Waals surface area contributed by atoms with Gasteiger partial charge in [-0.2, -0.15) is 0 Å². The Balaban J connectivity index is 0.00000616. The molecular formula is C21H21N6NaO12S2. The van der Waals surface area contributed by atoms with Crippen molar-refractivity contribution in [3.8, 4) is 0 Å². The number of rotatable bonds is 11. The molecule has 1 aromatic carbocycles. The minimum Gasteiger partial charge on any atom is -0.731 e. The number of nitro groups is 1. The monoisotopic (exact) mass is 636 g/mol. The van der Waals surface area contributed by atoms with Gasteiger partial charge in [-0.3, -0.25) is 19.7 Å². The van der Waals surface area contributed by atoms with Crippen molar-refractivity contribution in [2.24, 2.45) is 5.16 Å². The molecule has 0 aliphatic carbocycles. The number of hydrogen-bond donors (Lipinski definition) is 2. The van der Waals surface area contributed by atoms with Gasteiger partial charge in [-0.05, 0) is 31.5 Å². The molecular weight excluding hydrogens is 615 g/mol. The largest absolute Gasteiger partial charge is 1.00 e. The number of non-ortho nitro benzene ring substituents is 1. The van der Waals surface area contributed by atoms with Crippen molar-refractivity contribution in [3.63, 3.8) is 0 Å². The summed E-state index contributed by atoms with van der Waals surface area (Å²) in [5.41, 5.74) is 3.27. The predicted octanol–water partition coefficient (Wildman–Crippen LogP) is -3.79. The molecule has 42 heavy (non-hydrogen) atoms. The summed E-state index contributed by atoms with van der Waals surface area (Å²) in [5, 5.41) is 17.8. The second-order valence-corrected chi connectivity index (χ2v) is 10.8. The number of amides is 2. The van der Waals surface area contributed by atoms with Gasteiger partial charge in [0, 0.05) is 17.5 Å². The molecule has 1 aliphatic heterocycles. The number of ether oxygens (including phenoxy) is 2. The van der Waals surface area contributed by atoms with Crippen molar-refractivity contribution in [2.45, 2.75) is 38.1 Å². The fourth-order valence-electron chi connectivity index (χ4n) is 3.25. The molecule has 0 radical (unpaired) electrons. The average Bonchev–Trinajstić information content (AvgIpc) is 3.33. The van der Waals surface area contributed by atoms with Crippen LogP contribution in [0.4, 0.5) is 10.8 Å². The van der Waals surface area contributed by atoms with E-state index in [9.17, 15) is 42.3 Å². The number of nitrogens with zero attached hydrogens (tertiary/aromatic N) is 4. The number of esters is 2. The number of aromatic nitrogens is 1. The van der Waals surface area contributed by atoms with E-state index in [0.717, 1.165) is 18.4 Å². The first kappa shape index (κ1) is 34.5. The summed E-state index contributed by atoms with van der Waals surface area (Å²) < 4.78 is 43.5. The second kappa shape index (κ2) is 13.5. The van der Waals surface area contributed by atoms with Crippen LogP contribution in [0.3, 0.4) is 0 Å². The molecule has 0 bridgehead atoms. The van der Waals surface area contributed by atoms with Gasteiger partial charge in [-0.1, -0.05) is 5.16 Å². The molecule has 3 rings (SSSR count). The van der Waals surface area contributed by atoms with Gasteiger partial charge < -0.3 is 29.9 Å². The van der Waals surface area contributed by atoms with Crippen LogP contribution in [0.2, 0.25) is 0 Å². The Kier molecular flexibility index (Phi) is 11.1. The van der Waals surface area contributed by atoms with Crippen LogP contribution < -0.4 is 40.6 Å². The molecule has 2 amide bonds. The Morgan fingerprint density at radius 1 is 1.26 bits per heavy atom. The van der Waals surface area contributed by atoms with Crippen LogP contribution in [-0.4, -0.2) is 81.4 Å². The first-order valence-corrected chi connectivity index (χ1v) is 13.4. The third-order valence-corrected chi connectivity index (χ3v) is 6.94. The summed E-state index contributed by atoms with van der Waals surface area (Å²) in [6.45, 7) is 2.22. The molecule has 21 heteroatoms. The van der Waals surface area contributed by atoms with E-state index < -0.39 is 62.4 Å². The number of benzene rings is 1. The molecule has 220 valence electrons. The van der Waals surface area contributed by atoms with E-state index in [2.05, 4.69) is 20.2 Å². The number of β-lactam (4-membered cyclic amide) rings is 1. The van der Waals surface area contributed by atoms with Crippen LogP contribution >= 0.6 is 11.3 Å². The van der Waals surface area contributed by atoms with E-state index in [1.165, 1.54) is 43.5 Å². The van der Waals surface area contributed by atoms with Gasteiger partial charge in [0.2, 0.25) is 5.60 Å². The Morgan fingerprint density at radius 2 is 1.88 bits per heavy atom. The number of anilines is 1. The Bertz CT molecular complexity index is 1530. The van der Waals surface area contributed by atoms with Crippen molar-refractivity contribution >= 4 is 61.9 Å². The van der Waals surface area contributed by atoms with Gasteiger partial charge in [-0.15, -0.1) is 11.3 Å². The molecule has 2 atom stereocenters. The predicted molar refractivity (Wildman–Crippen MR) is 135 cm³/mol. The SMILES string of the molecule is COC(=O)[C@@H]1[C@@H](NC(=O)C(=NOC(C)(C)C(=O)OCc2ccc([N+](=O)[O-])cc2)c2csc(N)n2)C(=O)N1S(=O)(=O)[O-].[Na+]. The summed E-state index contributed by atoms with van der Waals surface area (Å²) >= 11 is 0.897. The first-order chi connectivity index (χ1) is 19.1. The van der Waals surface area contributed by atoms with Crippen LogP contribution in [-0.2, 0) is 50.4 Å². The van der Waals surface area contributed by atoms with Crippen LogP contribution in [0.25, 0.3) is 0 Å². The quantitative estimate of drug-likeness (QED) is 0.0456. The summed E-state index contributed by atoms with van der Waals surface area (Å²) in [6, 6.07) is 1.42. The summed E-state index contributed by atoms with van der Waals surface area (Å²) in [5.74, 6) is -4.86. The number of thiazole rings is 1. The van der Waals surface area contributed by atoms with Crippen molar-refractivity contribution in [2.75, 3.05) is 12.8 Å². The molecule has 0 saturated carbocycles. The van der Waals surface area contributed by atoms with E-state index in [1.54, 1.807) is 0 Å². The maximum Gasteiger partial charge on any atom is 1.00 e. The molecule has 0 spiro atoms. The Morgan fingerprint density at radius 3 is 2.38 bits per heavy atom. The zero-order valence-corrected chi connectivity index (χ0v) is 26.0. The van der Waals surface area contributed by atoms with E-state index in [0.29, 0.717) is 5.56 Å². The van der Waals surface area contributed by atoms with Crippen LogP contribution in [0, 0.1) is 10.1 Å². The number of carbonyl (C=O) groups is 4. The molecule has 2 aromatic rings. The Labute approximate surface area is 263 Å². The van der Waals surface area contributed by atoms with Gasteiger partial charge in [-0.25, -0.2) is 27.3 Å². The van der Waals surface area contributed by atoms with Crippen LogP contribution in [0.1, 0.15) is 25.1 Å². The van der Waals surface area contributed by atoms with Gasteiger partial charge in [0.1, 0.15) is 18.3 Å². The maximum atomic E-state index is 13.1. The van der Waals surface area contributed by atoms with Crippen molar-refractivity contribution in [1.82, 2.24) is 14.6 Å². The third kappa shape index (κ3) is 7.77. The fraction of sp³-hybridized carbons (Fsp3) is 0.333. The molecule has 18 nitrogen and oxygen atoms in total. The zero-order chi connectivity index (χ0) is 30.7. The number of carbonyl (C=O) groups excluding carboxylic acids is 4. The third-order valence-electron chi connectivity index (χ3n) is 5.38. The van der Waals surface area contributed by atoms with Crippen molar-refractivity contribution in [1.29, 1.82) is 0 Å². The number of nitrogens with one attached hydrogen (secondary N) is 1. The molecule has 1 fully saturated rings. The number of nitrogen functional groups attached to an aromatic ring is 1. The van der Waals surface area contributed by atoms with Crippen LogP contribution in [0.15, 0.2) is 34.8 Å². The van der Waals surface area contributed by atoms with E-state index in [-0.39, 0.29) is 57.0 Å². The Hall–Kier alpha value is -3.69. The van der Waals surface area contributed by atoms with E-state index in [4.69, 9.17) is 15.3 Å². The molecule has 1 aliphatic rings. The van der Waals surface area contributed by atoms with Crippen molar-refractivity contribution < 1.29 is 80.9 Å². The number of nitrogens with two attached hydrogens (primary N) is 1. The standard InChI is InChI=1S/C21H22N6O12S2.Na/c1-21(2,19(31)38-8-10-4-6-11(7-5-10)27(32)33)39-25-13(12-9-40-20(22)23-12)16(28)24-14-15(18(30)37-3)26(17(14)29)41(34,35)36;/h4-7,9,14-15H,8H2,1-3H3,(H2,22,23)(H,24,28)(H,34,35,36);/q;+1/p-1/t14-,15+;/m1./s1. The topological polar surface area (TPSA) is 263 Å². The summed E-state index contributed by atoms with van der Waals surface area (Å²) in [6.07, 6.45) is 0. The summed E-state index contributed by atoms with van der Waals surface area (Å²) in [4.78, 5) is 69.4. The zero-order valence-electron chi connectivity index (χ0n) is 22.3. The summed E-state index contributed by atoms with van der Waals surface area (Å²) in [7, 11) is -4.53.